The molecule has 0 aromatic heterocycles. The number of ketones is 1. The summed E-state index contributed by atoms with van der Waals surface area (Å²) in [5.41, 5.74) is 0.219. The Kier molecular flexibility index (Phi) is 15.6. The second-order valence-corrected chi connectivity index (χ2v) is 12.5. The third kappa shape index (κ3) is 14.4. The Labute approximate surface area is 256 Å². The van der Waals surface area contributed by atoms with Crippen molar-refractivity contribution in [2.24, 2.45) is 0 Å². The predicted molar refractivity (Wildman–Crippen MR) is 154 cm³/mol. The van der Waals surface area contributed by atoms with Gasteiger partial charge < -0.3 is 14.2 Å². The van der Waals surface area contributed by atoms with Crippen LogP contribution in [-0.4, -0.2) is 52.6 Å². The minimum absolute atomic E-state index is 0.0268. The highest BCUT2D eigenvalue weighted by molar-refractivity contribution is 5.93. The van der Waals surface area contributed by atoms with Gasteiger partial charge in [-0.05, 0) is 48.0 Å². The lowest BCUT2D eigenvalue weighted by Gasteiger charge is -2.32. The Bertz CT molecular complexity index is 1110. The topological polar surface area (TPSA) is 111 Å². The number of carbonyl (C=O) groups is 4. The lowest BCUT2D eigenvalue weighted by Crippen LogP contribution is -2.57. The number of hydrogen-bond donors (Lipinski definition) is 1. The smallest absolute Gasteiger partial charge is 0.426 e. The normalized spacial score (nSPS) is 12.3. The van der Waals surface area contributed by atoms with Gasteiger partial charge >= 0.3 is 12.1 Å². The number of rotatable bonds is 16. The molecule has 0 spiro atoms. The predicted octanol–water partition coefficient (Wildman–Crippen LogP) is 7.09. The van der Waals surface area contributed by atoms with E-state index in [1.165, 1.54) is 0 Å². The van der Waals surface area contributed by atoms with Crippen molar-refractivity contribution in [3.8, 4) is 5.75 Å². The van der Waals surface area contributed by atoms with E-state index in [0.29, 0.717) is 17.9 Å². The van der Waals surface area contributed by atoms with E-state index in [4.69, 9.17) is 14.2 Å². The van der Waals surface area contributed by atoms with E-state index < -0.39 is 83.0 Å². The molecule has 0 saturated carbocycles. The summed E-state index contributed by atoms with van der Waals surface area (Å²) in [6.45, 7) is 10.3. The van der Waals surface area contributed by atoms with Crippen LogP contribution in [0.3, 0.4) is 0 Å². The van der Waals surface area contributed by atoms with Gasteiger partial charge in [-0.3, -0.25) is 14.4 Å². The van der Waals surface area contributed by atoms with Gasteiger partial charge in [-0.2, -0.15) is 8.78 Å². The molecule has 1 aromatic rings. The zero-order chi connectivity index (χ0) is 33.7. The number of Topliss-reactive ketones (excluding diaryl/α,β-unsaturated/α-hetero) is 1. The second kappa shape index (κ2) is 17.8. The van der Waals surface area contributed by atoms with Gasteiger partial charge in [0, 0.05) is 12.5 Å². The van der Waals surface area contributed by atoms with Crippen LogP contribution in [0.4, 0.5) is 22.4 Å². The lowest BCUT2D eigenvalue weighted by atomic mass is 10.1. The number of esters is 1. The molecule has 0 aliphatic carbocycles. The number of hydrazine groups is 1. The number of halogens is 4. The zero-order valence-electron chi connectivity index (χ0n) is 26.7. The fourth-order valence-electron chi connectivity index (χ4n) is 4.05. The van der Waals surface area contributed by atoms with Crippen LogP contribution in [0.25, 0.3) is 0 Å². The minimum atomic E-state index is -1.88. The van der Waals surface area contributed by atoms with Crippen molar-refractivity contribution in [1.82, 2.24) is 10.4 Å². The van der Waals surface area contributed by atoms with E-state index in [9.17, 15) is 36.7 Å². The first-order valence-electron chi connectivity index (χ1n) is 14.9. The van der Waals surface area contributed by atoms with Crippen molar-refractivity contribution < 1.29 is 51.0 Å². The van der Waals surface area contributed by atoms with Gasteiger partial charge in [0.05, 0.1) is 6.42 Å². The quantitative estimate of drug-likeness (QED) is 0.0680. The van der Waals surface area contributed by atoms with Crippen LogP contribution in [-0.2, 0) is 23.9 Å². The zero-order valence-corrected chi connectivity index (χ0v) is 26.7. The Morgan fingerprint density at radius 3 is 1.80 bits per heavy atom. The second-order valence-electron chi connectivity index (χ2n) is 12.5. The molecule has 250 valence electrons. The molecule has 1 rings (SSSR count). The highest BCUT2D eigenvalue weighted by Crippen LogP contribution is 2.27. The van der Waals surface area contributed by atoms with Gasteiger partial charge in [0.1, 0.15) is 23.9 Å². The molecule has 9 nitrogen and oxygen atoms in total. The molecule has 1 N–H and O–H groups in total. The van der Waals surface area contributed by atoms with Crippen molar-refractivity contribution in [2.75, 3.05) is 6.61 Å². The van der Waals surface area contributed by atoms with E-state index in [1.54, 1.807) is 41.5 Å². The van der Waals surface area contributed by atoms with Crippen LogP contribution in [0, 0.1) is 23.3 Å². The molecule has 0 aliphatic heterocycles. The van der Waals surface area contributed by atoms with Gasteiger partial charge in [0.25, 0.3) is 0 Å². The molecule has 1 unspecified atom stereocenters. The van der Waals surface area contributed by atoms with Crippen LogP contribution in [0.15, 0.2) is 6.07 Å². The maximum Gasteiger partial charge on any atom is 0.426 e. The molecule has 44 heavy (non-hydrogen) atoms. The summed E-state index contributed by atoms with van der Waals surface area (Å²) in [4.78, 5) is 52.2. The average molecular weight is 635 g/mol. The first kappa shape index (κ1) is 38.6. The standard InChI is InChI=1S/C31H46F4N2O7/c1-8-9-10-11-12-13-14-15-16-24(39)37(36-29(41)44-31(5,6)7)22(18-25(40)43-30(2,3)4)23(38)19-42-28-26(34)20(32)17-21(33)27(28)35/h17,22H,8-16,18-19H2,1-7H3,(H,36,41). The molecule has 0 fully saturated rings. The largest absolute Gasteiger partial charge is 0.479 e. The van der Waals surface area contributed by atoms with Crippen molar-refractivity contribution in [1.29, 1.82) is 0 Å². The third-order valence-corrected chi connectivity index (χ3v) is 6.02. The summed E-state index contributed by atoms with van der Waals surface area (Å²) < 4.78 is 71.0. The SMILES string of the molecule is CCCCCCCCCCC(=O)N(NC(=O)OC(C)(C)C)C(CC(=O)OC(C)(C)C)C(=O)COc1c(F)c(F)cc(F)c1F. The van der Waals surface area contributed by atoms with Crippen molar-refractivity contribution in [2.45, 2.75) is 130 Å². The molecule has 13 heteroatoms. The number of nitrogens with zero attached hydrogens (tertiary/aromatic N) is 1. The number of amides is 2. The first-order chi connectivity index (χ1) is 20.4. The monoisotopic (exact) mass is 634 g/mol. The van der Waals surface area contributed by atoms with Crippen LogP contribution >= 0.6 is 0 Å². The van der Waals surface area contributed by atoms with E-state index >= 15 is 0 Å². The summed E-state index contributed by atoms with van der Waals surface area (Å²) in [7, 11) is 0. The molecule has 0 radical (unpaired) electrons. The van der Waals surface area contributed by atoms with Crippen LogP contribution in [0.1, 0.15) is 113 Å². The summed E-state index contributed by atoms with van der Waals surface area (Å²) in [6, 6.07) is -1.82. The van der Waals surface area contributed by atoms with Crippen molar-refractivity contribution >= 4 is 23.8 Å². The lowest BCUT2D eigenvalue weighted by molar-refractivity contribution is -0.160. The molecule has 0 heterocycles. The van der Waals surface area contributed by atoms with E-state index in [1.807, 2.05) is 0 Å². The molecule has 1 aromatic carbocycles. The summed E-state index contributed by atoms with van der Waals surface area (Å²) in [5, 5.41) is 0.615. The third-order valence-electron chi connectivity index (χ3n) is 6.02. The number of benzene rings is 1. The number of unbranched alkanes of at least 4 members (excludes halogenated alkanes) is 7. The number of hydrogen-bond acceptors (Lipinski definition) is 7. The van der Waals surface area contributed by atoms with Crippen LogP contribution in [0.2, 0.25) is 0 Å². The van der Waals surface area contributed by atoms with Crippen LogP contribution < -0.4 is 10.2 Å². The summed E-state index contributed by atoms with van der Waals surface area (Å²) in [5.74, 6) is -11.6. The fourth-order valence-corrected chi connectivity index (χ4v) is 4.05. The summed E-state index contributed by atoms with van der Waals surface area (Å²) >= 11 is 0. The van der Waals surface area contributed by atoms with Gasteiger partial charge in [-0.1, -0.05) is 51.9 Å². The van der Waals surface area contributed by atoms with E-state index in [2.05, 4.69) is 12.3 Å². The first-order valence-corrected chi connectivity index (χ1v) is 14.9. The molecule has 0 aliphatic rings. The molecular weight excluding hydrogens is 588 g/mol. The van der Waals surface area contributed by atoms with Gasteiger partial charge in [0.2, 0.25) is 17.5 Å². The Hall–Kier alpha value is -3.38. The van der Waals surface area contributed by atoms with Crippen LogP contribution in [0.5, 0.6) is 5.75 Å². The van der Waals surface area contributed by atoms with E-state index in [0.717, 1.165) is 38.5 Å². The number of ether oxygens (including phenoxy) is 3. The number of carbonyl (C=O) groups excluding carboxylic acids is 4. The molecule has 1 atom stereocenters. The Morgan fingerprint density at radius 1 is 0.795 bits per heavy atom. The highest BCUT2D eigenvalue weighted by atomic mass is 19.2. The minimum Gasteiger partial charge on any atom is -0.479 e. The Morgan fingerprint density at radius 2 is 1.30 bits per heavy atom. The van der Waals surface area contributed by atoms with Crippen molar-refractivity contribution in [3.05, 3.63) is 29.3 Å². The number of nitrogens with one attached hydrogen (secondary N) is 1. The van der Waals surface area contributed by atoms with Crippen molar-refractivity contribution in [3.63, 3.8) is 0 Å². The Balaban J connectivity index is 3.27. The van der Waals surface area contributed by atoms with E-state index in [-0.39, 0.29) is 12.5 Å². The fraction of sp³-hybridized carbons (Fsp3) is 0.677. The van der Waals surface area contributed by atoms with Gasteiger partial charge in [-0.15, -0.1) is 0 Å². The molecule has 2 amide bonds. The van der Waals surface area contributed by atoms with Gasteiger partial charge in [0.15, 0.2) is 23.2 Å². The summed E-state index contributed by atoms with van der Waals surface area (Å²) in [6.07, 6.45) is 5.37. The average Bonchev–Trinajstić information content (AvgIpc) is 2.88. The highest BCUT2D eigenvalue weighted by Gasteiger charge is 2.36. The molecule has 0 saturated heterocycles. The van der Waals surface area contributed by atoms with Gasteiger partial charge in [-0.25, -0.2) is 24.0 Å². The maximum absolute atomic E-state index is 14.2. The molecule has 0 bridgehead atoms. The maximum atomic E-state index is 14.2. The molecular formula is C31H46F4N2O7.